The maximum Gasteiger partial charge on any atom is 0.253 e. The smallest absolute Gasteiger partial charge is 0.253 e. The third kappa shape index (κ3) is 4.51. The van der Waals surface area contributed by atoms with Gasteiger partial charge in [0.25, 0.3) is 5.91 Å². The first kappa shape index (κ1) is 16.5. The fourth-order valence-electron chi connectivity index (χ4n) is 2.10. The van der Waals surface area contributed by atoms with Crippen LogP contribution in [0.5, 0.6) is 0 Å². The third-order valence-electron chi connectivity index (χ3n) is 3.00. The van der Waals surface area contributed by atoms with E-state index >= 15 is 0 Å². The molecule has 0 bridgehead atoms. The molecule has 0 atom stereocenters. The first-order valence-electron chi connectivity index (χ1n) is 7.09. The van der Waals surface area contributed by atoms with Gasteiger partial charge < -0.3 is 10.2 Å². The standard InChI is InChI=1S/C16H27N3O/c1-11(2)13-8-12(9-14(17-6)18-13)15(20)19(7)10-16(3,4)5/h8-9,11H,10H2,1-7H3,(H,17,18). The Bertz CT molecular complexity index is 475. The fraction of sp³-hybridized carbons (Fsp3) is 0.625. The maximum absolute atomic E-state index is 12.5. The van der Waals surface area contributed by atoms with Gasteiger partial charge in [-0.05, 0) is 23.5 Å². The zero-order valence-corrected chi connectivity index (χ0v) is 13.7. The number of carbonyl (C=O) groups is 1. The summed E-state index contributed by atoms with van der Waals surface area (Å²) >= 11 is 0. The lowest BCUT2D eigenvalue weighted by molar-refractivity contribution is 0.0745. The maximum atomic E-state index is 12.5. The number of aromatic nitrogens is 1. The van der Waals surface area contributed by atoms with Crippen LogP contribution in [0.4, 0.5) is 5.82 Å². The molecule has 0 aliphatic heterocycles. The number of rotatable bonds is 4. The number of nitrogens with one attached hydrogen (secondary N) is 1. The first-order chi connectivity index (χ1) is 9.14. The summed E-state index contributed by atoms with van der Waals surface area (Å²) in [5, 5.41) is 3.02. The Morgan fingerprint density at radius 2 is 1.95 bits per heavy atom. The molecule has 1 amide bonds. The van der Waals surface area contributed by atoms with Crippen molar-refractivity contribution in [3.05, 3.63) is 23.4 Å². The second kappa shape index (κ2) is 6.25. The van der Waals surface area contributed by atoms with E-state index in [2.05, 4.69) is 44.9 Å². The quantitative estimate of drug-likeness (QED) is 0.918. The van der Waals surface area contributed by atoms with E-state index in [4.69, 9.17) is 0 Å². The highest BCUT2D eigenvalue weighted by molar-refractivity contribution is 5.95. The van der Waals surface area contributed by atoms with Crippen LogP contribution < -0.4 is 5.32 Å². The van der Waals surface area contributed by atoms with E-state index in [0.717, 1.165) is 18.1 Å². The average Bonchev–Trinajstić information content (AvgIpc) is 2.35. The lowest BCUT2D eigenvalue weighted by Gasteiger charge is -2.27. The van der Waals surface area contributed by atoms with Crippen LogP contribution in [0.3, 0.4) is 0 Å². The lowest BCUT2D eigenvalue weighted by Crippen LogP contribution is -2.34. The fourth-order valence-corrected chi connectivity index (χ4v) is 2.10. The van der Waals surface area contributed by atoms with Gasteiger partial charge in [-0.2, -0.15) is 0 Å². The number of anilines is 1. The second-order valence-corrected chi connectivity index (χ2v) is 6.79. The van der Waals surface area contributed by atoms with Crippen molar-refractivity contribution in [1.82, 2.24) is 9.88 Å². The summed E-state index contributed by atoms with van der Waals surface area (Å²) in [4.78, 5) is 18.8. The van der Waals surface area contributed by atoms with Gasteiger partial charge in [-0.25, -0.2) is 4.98 Å². The summed E-state index contributed by atoms with van der Waals surface area (Å²) in [5.74, 6) is 1.08. The van der Waals surface area contributed by atoms with E-state index in [-0.39, 0.29) is 11.3 Å². The molecule has 1 heterocycles. The lowest BCUT2D eigenvalue weighted by atomic mass is 9.96. The molecule has 4 nitrogen and oxygen atoms in total. The first-order valence-corrected chi connectivity index (χ1v) is 7.09. The molecule has 112 valence electrons. The van der Waals surface area contributed by atoms with E-state index in [1.54, 1.807) is 4.90 Å². The largest absolute Gasteiger partial charge is 0.373 e. The summed E-state index contributed by atoms with van der Waals surface area (Å²) in [6.45, 7) is 11.3. The molecular weight excluding hydrogens is 250 g/mol. The van der Waals surface area contributed by atoms with Crippen LogP contribution in [0, 0.1) is 5.41 Å². The summed E-state index contributed by atoms with van der Waals surface area (Å²) in [6.07, 6.45) is 0. The second-order valence-electron chi connectivity index (χ2n) is 6.79. The highest BCUT2D eigenvalue weighted by Gasteiger charge is 2.20. The molecule has 0 unspecified atom stereocenters. The molecule has 1 aromatic rings. The molecule has 20 heavy (non-hydrogen) atoms. The molecular formula is C16H27N3O. The van der Waals surface area contributed by atoms with Crippen molar-refractivity contribution in [2.24, 2.45) is 5.41 Å². The van der Waals surface area contributed by atoms with E-state index < -0.39 is 0 Å². The highest BCUT2D eigenvalue weighted by Crippen LogP contribution is 2.20. The predicted molar refractivity (Wildman–Crippen MR) is 84.3 cm³/mol. The summed E-state index contributed by atoms with van der Waals surface area (Å²) in [7, 11) is 3.67. The molecule has 1 N–H and O–H groups in total. The number of amides is 1. The van der Waals surface area contributed by atoms with E-state index in [0.29, 0.717) is 11.5 Å². The van der Waals surface area contributed by atoms with Gasteiger partial charge in [0.15, 0.2) is 0 Å². The Labute approximate surface area is 122 Å². The summed E-state index contributed by atoms with van der Waals surface area (Å²) in [5.41, 5.74) is 1.72. The molecule has 0 aromatic carbocycles. The zero-order chi connectivity index (χ0) is 15.5. The van der Waals surface area contributed by atoms with Gasteiger partial charge in [0.1, 0.15) is 5.82 Å². The number of hydrogen-bond donors (Lipinski definition) is 1. The van der Waals surface area contributed by atoms with E-state index in [1.807, 2.05) is 26.2 Å². The van der Waals surface area contributed by atoms with Gasteiger partial charge in [-0.15, -0.1) is 0 Å². The molecule has 0 saturated carbocycles. The van der Waals surface area contributed by atoms with Crippen molar-refractivity contribution in [1.29, 1.82) is 0 Å². The van der Waals surface area contributed by atoms with Gasteiger partial charge in [-0.1, -0.05) is 34.6 Å². The Morgan fingerprint density at radius 3 is 2.40 bits per heavy atom. The molecule has 1 aromatic heterocycles. The average molecular weight is 277 g/mol. The van der Waals surface area contributed by atoms with Gasteiger partial charge in [0, 0.05) is 31.9 Å². The van der Waals surface area contributed by atoms with Crippen molar-refractivity contribution in [2.75, 3.05) is 26.0 Å². The summed E-state index contributed by atoms with van der Waals surface area (Å²) < 4.78 is 0. The minimum atomic E-state index is 0.0423. The number of nitrogens with zero attached hydrogens (tertiary/aromatic N) is 2. The zero-order valence-electron chi connectivity index (χ0n) is 13.7. The summed E-state index contributed by atoms with van der Waals surface area (Å²) in [6, 6.07) is 3.71. The van der Waals surface area contributed by atoms with Gasteiger partial charge in [-0.3, -0.25) is 4.79 Å². The topological polar surface area (TPSA) is 45.2 Å². The molecule has 0 spiro atoms. The Balaban J connectivity index is 3.06. The third-order valence-corrected chi connectivity index (χ3v) is 3.00. The minimum Gasteiger partial charge on any atom is -0.373 e. The molecule has 1 rings (SSSR count). The van der Waals surface area contributed by atoms with Crippen molar-refractivity contribution in [2.45, 2.75) is 40.5 Å². The SMILES string of the molecule is CNc1cc(C(=O)N(C)CC(C)(C)C)cc(C(C)C)n1. The Kier molecular flexibility index (Phi) is 5.15. The Hall–Kier alpha value is -1.58. The molecule has 0 fully saturated rings. The Morgan fingerprint density at radius 1 is 1.35 bits per heavy atom. The van der Waals surface area contributed by atoms with Crippen LogP contribution >= 0.6 is 0 Å². The van der Waals surface area contributed by atoms with Crippen LogP contribution in [0.15, 0.2) is 12.1 Å². The molecule has 0 saturated heterocycles. The molecule has 0 aliphatic carbocycles. The van der Waals surface area contributed by atoms with Gasteiger partial charge in [0.2, 0.25) is 0 Å². The van der Waals surface area contributed by atoms with Crippen LogP contribution in [0.1, 0.15) is 56.6 Å². The van der Waals surface area contributed by atoms with Crippen molar-refractivity contribution in [3.63, 3.8) is 0 Å². The van der Waals surface area contributed by atoms with Crippen LogP contribution in [-0.4, -0.2) is 36.4 Å². The number of carbonyl (C=O) groups excluding carboxylic acids is 1. The van der Waals surface area contributed by atoms with Crippen molar-refractivity contribution >= 4 is 11.7 Å². The molecule has 0 aliphatic rings. The van der Waals surface area contributed by atoms with Crippen LogP contribution in [-0.2, 0) is 0 Å². The van der Waals surface area contributed by atoms with E-state index in [9.17, 15) is 4.79 Å². The van der Waals surface area contributed by atoms with Crippen molar-refractivity contribution in [3.8, 4) is 0 Å². The van der Waals surface area contributed by atoms with Gasteiger partial charge >= 0.3 is 0 Å². The highest BCUT2D eigenvalue weighted by atomic mass is 16.2. The van der Waals surface area contributed by atoms with Gasteiger partial charge in [0.05, 0.1) is 0 Å². The van der Waals surface area contributed by atoms with E-state index in [1.165, 1.54) is 0 Å². The molecule has 4 heteroatoms. The minimum absolute atomic E-state index is 0.0423. The normalized spacial score (nSPS) is 11.6. The molecule has 0 radical (unpaired) electrons. The monoisotopic (exact) mass is 277 g/mol. The number of pyridine rings is 1. The van der Waals surface area contributed by atoms with Crippen LogP contribution in [0.2, 0.25) is 0 Å². The predicted octanol–water partition coefficient (Wildman–Crippen LogP) is 3.36. The number of hydrogen-bond acceptors (Lipinski definition) is 3. The van der Waals surface area contributed by atoms with Crippen LogP contribution in [0.25, 0.3) is 0 Å². The van der Waals surface area contributed by atoms with Crippen molar-refractivity contribution < 1.29 is 4.79 Å².